The molecular weight excluding hydrogens is 424 g/mol. The molecule has 1 amide bonds. The average molecular weight is 441 g/mol. The summed E-state index contributed by atoms with van der Waals surface area (Å²) in [4.78, 5) is 32.4. The third-order valence-electron chi connectivity index (χ3n) is 4.88. The van der Waals surface area contributed by atoms with Crippen LogP contribution in [0.5, 0.6) is 5.75 Å². The fraction of sp³-hybridized carbons (Fsp3) is 0.136. The van der Waals surface area contributed by atoms with E-state index in [1.807, 2.05) is 17.5 Å². The van der Waals surface area contributed by atoms with Crippen LogP contribution in [0.4, 0.5) is 0 Å². The second kappa shape index (κ2) is 8.30. The fourth-order valence-corrected chi connectivity index (χ4v) is 4.39. The minimum Gasteiger partial charge on any atom is -0.507 e. The molecule has 1 fully saturated rings. The molecular formula is C22H17ClN2O4S. The summed E-state index contributed by atoms with van der Waals surface area (Å²) in [6.07, 6.45) is 3.17. The number of nitrogens with zero attached hydrogens (tertiary/aromatic N) is 2. The lowest BCUT2D eigenvalue weighted by atomic mass is 9.95. The molecule has 4 rings (SSSR count). The first kappa shape index (κ1) is 20.1. The van der Waals surface area contributed by atoms with Gasteiger partial charge in [-0.2, -0.15) is 0 Å². The van der Waals surface area contributed by atoms with Crippen molar-refractivity contribution in [2.45, 2.75) is 12.6 Å². The van der Waals surface area contributed by atoms with Crippen molar-refractivity contribution in [3.05, 3.63) is 86.8 Å². The van der Waals surface area contributed by atoms with Gasteiger partial charge in [0, 0.05) is 22.3 Å². The molecule has 3 heterocycles. The number of methoxy groups -OCH3 is 1. The molecule has 152 valence electrons. The highest BCUT2D eigenvalue weighted by Crippen LogP contribution is 2.42. The lowest BCUT2D eigenvalue weighted by molar-refractivity contribution is -0.140. The number of carbonyl (C=O) groups excluding carboxylic acids is 2. The molecule has 2 aromatic heterocycles. The standard InChI is InChI=1S/C22H17ClN2O4S/c1-29-17-5-4-14(23)11-16(17)20(26)18-19(13-6-8-24-9-7-13)25(22(28)21(18)27)12-15-3-2-10-30-15/h2-11,19,26H,12H2,1H3/b20-18+. The van der Waals surface area contributed by atoms with Gasteiger partial charge in [0.25, 0.3) is 11.7 Å². The van der Waals surface area contributed by atoms with Gasteiger partial charge in [-0.1, -0.05) is 17.7 Å². The quantitative estimate of drug-likeness (QED) is 0.360. The van der Waals surface area contributed by atoms with E-state index in [-0.39, 0.29) is 23.4 Å². The average Bonchev–Trinajstić information content (AvgIpc) is 3.36. The van der Waals surface area contributed by atoms with E-state index in [2.05, 4.69) is 4.98 Å². The Bertz CT molecular complexity index is 1130. The van der Waals surface area contributed by atoms with Crippen molar-refractivity contribution >= 4 is 40.4 Å². The molecule has 1 aromatic carbocycles. The lowest BCUT2D eigenvalue weighted by Crippen LogP contribution is -2.28. The molecule has 1 N–H and O–H groups in total. The number of amides is 1. The van der Waals surface area contributed by atoms with Gasteiger partial charge in [0.05, 0.1) is 30.8 Å². The number of ketones is 1. The number of aliphatic hydroxyl groups excluding tert-OH is 1. The molecule has 0 spiro atoms. The first-order valence-corrected chi connectivity index (χ1v) is 10.3. The van der Waals surface area contributed by atoms with Gasteiger partial charge in [0.1, 0.15) is 11.5 Å². The van der Waals surface area contributed by atoms with Gasteiger partial charge in [-0.15, -0.1) is 11.3 Å². The summed E-state index contributed by atoms with van der Waals surface area (Å²) in [5.41, 5.74) is 0.907. The number of aromatic nitrogens is 1. The number of hydrogen-bond donors (Lipinski definition) is 1. The minimum atomic E-state index is -0.765. The first-order valence-electron chi connectivity index (χ1n) is 9.06. The zero-order valence-corrected chi connectivity index (χ0v) is 17.5. The van der Waals surface area contributed by atoms with Crippen LogP contribution in [0, 0.1) is 0 Å². The van der Waals surface area contributed by atoms with E-state index in [9.17, 15) is 14.7 Å². The second-order valence-electron chi connectivity index (χ2n) is 6.63. The van der Waals surface area contributed by atoms with Crippen LogP contribution in [-0.2, 0) is 16.1 Å². The van der Waals surface area contributed by atoms with Crippen molar-refractivity contribution in [2.24, 2.45) is 0 Å². The number of thiophene rings is 1. The number of likely N-dealkylation sites (tertiary alicyclic amines) is 1. The lowest BCUT2D eigenvalue weighted by Gasteiger charge is -2.25. The van der Waals surface area contributed by atoms with Crippen molar-refractivity contribution in [1.82, 2.24) is 9.88 Å². The van der Waals surface area contributed by atoms with Gasteiger partial charge in [0.15, 0.2) is 0 Å². The van der Waals surface area contributed by atoms with Crippen LogP contribution in [0.2, 0.25) is 5.02 Å². The number of aliphatic hydroxyl groups is 1. The maximum absolute atomic E-state index is 13.0. The number of Topliss-reactive ketones (excluding diaryl/α,β-unsaturated/α-hetero) is 1. The van der Waals surface area contributed by atoms with Crippen LogP contribution in [0.3, 0.4) is 0 Å². The Morgan fingerprint density at radius 3 is 2.67 bits per heavy atom. The number of benzene rings is 1. The van der Waals surface area contributed by atoms with Gasteiger partial charge in [-0.25, -0.2) is 0 Å². The summed E-state index contributed by atoms with van der Waals surface area (Å²) < 4.78 is 5.33. The molecule has 1 unspecified atom stereocenters. The van der Waals surface area contributed by atoms with Crippen LogP contribution in [-0.4, -0.2) is 33.8 Å². The monoisotopic (exact) mass is 440 g/mol. The van der Waals surface area contributed by atoms with Crippen molar-refractivity contribution in [3.63, 3.8) is 0 Å². The Hall–Kier alpha value is -3.16. The summed E-state index contributed by atoms with van der Waals surface area (Å²) in [6, 6.07) is 11.2. The first-order chi connectivity index (χ1) is 14.5. The van der Waals surface area contributed by atoms with Crippen molar-refractivity contribution < 1.29 is 19.4 Å². The van der Waals surface area contributed by atoms with E-state index < -0.39 is 17.7 Å². The highest BCUT2D eigenvalue weighted by atomic mass is 35.5. The van der Waals surface area contributed by atoms with Gasteiger partial charge in [-0.3, -0.25) is 14.6 Å². The van der Waals surface area contributed by atoms with Crippen LogP contribution >= 0.6 is 22.9 Å². The molecule has 0 radical (unpaired) electrons. The van der Waals surface area contributed by atoms with Crippen LogP contribution in [0.15, 0.2) is 65.8 Å². The smallest absolute Gasteiger partial charge is 0.295 e. The molecule has 30 heavy (non-hydrogen) atoms. The molecule has 1 atom stereocenters. The van der Waals surface area contributed by atoms with Crippen molar-refractivity contribution in [2.75, 3.05) is 7.11 Å². The summed E-state index contributed by atoms with van der Waals surface area (Å²) in [6.45, 7) is 0.249. The number of halogens is 1. The van der Waals surface area contributed by atoms with Crippen LogP contribution in [0.25, 0.3) is 5.76 Å². The van der Waals surface area contributed by atoms with E-state index in [1.165, 1.54) is 29.4 Å². The molecule has 1 saturated heterocycles. The van der Waals surface area contributed by atoms with E-state index in [4.69, 9.17) is 16.3 Å². The van der Waals surface area contributed by atoms with Gasteiger partial charge in [-0.05, 0) is 47.3 Å². The summed E-state index contributed by atoms with van der Waals surface area (Å²) in [5.74, 6) is -1.42. The number of pyridine rings is 1. The maximum atomic E-state index is 13.0. The topological polar surface area (TPSA) is 79.7 Å². The molecule has 1 aliphatic heterocycles. The SMILES string of the molecule is COc1ccc(Cl)cc1/C(O)=C1\C(=O)C(=O)N(Cc2cccs2)C1c1ccncc1. The summed E-state index contributed by atoms with van der Waals surface area (Å²) >= 11 is 7.60. The third kappa shape index (κ3) is 3.58. The summed E-state index contributed by atoms with van der Waals surface area (Å²) in [5, 5.41) is 13.4. The Morgan fingerprint density at radius 1 is 1.23 bits per heavy atom. The zero-order valence-electron chi connectivity index (χ0n) is 15.9. The Labute approximate surface area is 182 Å². The molecule has 6 nitrogen and oxygen atoms in total. The Balaban J connectivity index is 1.90. The fourth-order valence-electron chi connectivity index (χ4n) is 3.52. The van der Waals surface area contributed by atoms with Crippen LogP contribution in [0.1, 0.15) is 22.0 Å². The Kier molecular flexibility index (Phi) is 5.57. The number of rotatable bonds is 5. The number of hydrogen-bond acceptors (Lipinski definition) is 6. The molecule has 8 heteroatoms. The molecule has 0 aliphatic carbocycles. The Morgan fingerprint density at radius 2 is 2.00 bits per heavy atom. The molecule has 0 bridgehead atoms. The van der Waals surface area contributed by atoms with Gasteiger partial charge < -0.3 is 14.7 Å². The molecule has 0 saturated carbocycles. The maximum Gasteiger partial charge on any atom is 0.295 e. The van der Waals surface area contributed by atoms with Crippen molar-refractivity contribution in [3.8, 4) is 5.75 Å². The van der Waals surface area contributed by atoms with Gasteiger partial charge in [0.2, 0.25) is 0 Å². The minimum absolute atomic E-state index is 0.0108. The highest BCUT2D eigenvalue weighted by Gasteiger charge is 2.46. The van der Waals surface area contributed by atoms with E-state index in [0.29, 0.717) is 16.3 Å². The predicted molar refractivity (Wildman–Crippen MR) is 114 cm³/mol. The number of carbonyl (C=O) groups is 2. The second-order valence-corrected chi connectivity index (χ2v) is 8.10. The predicted octanol–water partition coefficient (Wildman–Crippen LogP) is 4.43. The van der Waals surface area contributed by atoms with Gasteiger partial charge >= 0.3 is 0 Å². The van der Waals surface area contributed by atoms with E-state index >= 15 is 0 Å². The largest absolute Gasteiger partial charge is 0.507 e. The summed E-state index contributed by atoms with van der Waals surface area (Å²) in [7, 11) is 1.45. The highest BCUT2D eigenvalue weighted by molar-refractivity contribution is 7.09. The van der Waals surface area contributed by atoms with Crippen LogP contribution < -0.4 is 4.74 Å². The van der Waals surface area contributed by atoms with Crippen molar-refractivity contribution in [1.29, 1.82) is 0 Å². The van der Waals surface area contributed by atoms with E-state index in [0.717, 1.165) is 4.88 Å². The third-order valence-corrected chi connectivity index (χ3v) is 5.98. The normalized spacial score (nSPS) is 18.1. The number of ether oxygens (including phenoxy) is 1. The molecule has 3 aromatic rings. The van der Waals surface area contributed by atoms with E-state index in [1.54, 1.807) is 36.7 Å². The zero-order chi connectivity index (χ0) is 21.3. The molecule has 1 aliphatic rings.